The van der Waals surface area contributed by atoms with Gasteiger partial charge >= 0.3 is 0 Å². The minimum absolute atomic E-state index is 0.682. The van der Waals surface area contributed by atoms with Gasteiger partial charge in [0.25, 0.3) is 0 Å². The van der Waals surface area contributed by atoms with Gasteiger partial charge in [-0.15, -0.1) is 11.3 Å². The molecule has 0 aliphatic heterocycles. The van der Waals surface area contributed by atoms with Crippen molar-refractivity contribution in [1.29, 1.82) is 0 Å². The molecule has 0 radical (unpaired) electrons. The average Bonchev–Trinajstić information content (AvgIpc) is 3.02. The summed E-state index contributed by atoms with van der Waals surface area (Å²) >= 11 is 1.69. The summed E-state index contributed by atoms with van der Waals surface area (Å²) in [5.41, 5.74) is 11.4. The van der Waals surface area contributed by atoms with Crippen LogP contribution in [0.4, 0.5) is 5.00 Å². The van der Waals surface area contributed by atoms with E-state index in [9.17, 15) is 0 Å². The maximum Gasteiger partial charge on any atom is 0.230 e. The Labute approximate surface area is 115 Å². The van der Waals surface area contributed by atoms with E-state index in [1.807, 2.05) is 25.1 Å². The van der Waals surface area contributed by atoms with Gasteiger partial charge in [0.1, 0.15) is 5.52 Å². The quantitative estimate of drug-likeness (QED) is 0.728. The highest BCUT2D eigenvalue weighted by molar-refractivity contribution is 7.16. The first-order valence-corrected chi connectivity index (χ1v) is 7.32. The summed E-state index contributed by atoms with van der Waals surface area (Å²) in [7, 11) is 0. The van der Waals surface area contributed by atoms with Crippen LogP contribution in [0.25, 0.3) is 22.6 Å². The Morgan fingerprint density at radius 1 is 1.32 bits per heavy atom. The fourth-order valence-corrected chi connectivity index (χ4v) is 4.01. The largest absolute Gasteiger partial charge is 0.436 e. The van der Waals surface area contributed by atoms with Crippen LogP contribution in [0.15, 0.2) is 22.6 Å². The summed E-state index contributed by atoms with van der Waals surface area (Å²) in [4.78, 5) is 6.02. The molecule has 2 heterocycles. The minimum Gasteiger partial charge on any atom is -0.436 e. The lowest BCUT2D eigenvalue weighted by Gasteiger charge is -1.97. The van der Waals surface area contributed by atoms with Crippen LogP contribution in [-0.4, -0.2) is 4.98 Å². The molecule has 0 saturated carbocycles. The van der Waals surface area contributed by atoms with Crippen LogP contribution in [0.3, 0.4) is 0 Å². The molecule has 0 spiro atoms. The number of nitrogens with two attached hydrogens (primary N) is 1. The summed E-state index contributed by atoms with van der Waals surface area (Å²) in [5, 5.41) is 0.842. The molecule has 1 aliphatic carbocycles. The third kappa shape index (κ3) is 1.53. The number of benzene rings is 1. The van der Waals surface area contributed by atoms with Crippen molar-refractivity contribution in [2.24, 2.45) is 0 Å². The second-order valence-electron chi connectivity index (χ2n) is 5.04. The van der Waals surface area contributed by atoms with E-state index in [-0.39, 0.29) is 0 Å². The normalized spacial score (nSPS) is 14.2. The number of fused-ring (bicyclic) bond motifs is 2. The second-order valence-corrected chi connectivity index (χ2v) is 6.18. The Morgan fingerprint density at radius 3 is 3.05 bits per heavy atom. The number of oxazole rings is 1. The molecule has 0 fully saturated rings. The van der Waals surface area contributed by atoms with Gasteiger partial charge in [0, 0.05) is 4.88 Å². The van der Waals surface area contributed by atoms with Crippen molar-refractivity contribution >= 4 is 27.4 Å². The zero-order valence-electron chi connectivity index (χ0n) is 10.7. The summed E-state index contributed by atoms with van der Waals surface area (Å²) in [6.45, 7) is 2.04. The molecule has 0 unspecified atom stereocenters. The molecular formula is C15H14N2OS. The zero-order chi connectivity index (χ0) is 13.0. The van der Waals surface area contributed by atoms with E-state index in [0.29, 0.717) is 5.89 Å². The molecule has 2 aromatic heterocycles. The number of nitrogen functional groups attached to an aromatic ring is 1. The number of aryl methyl sites for hydroxylation is 2. The summed E-state index contributed by atoms with van der Waals surface area (Å²) in [6, 6.07) is 6.03. The number of aromatic nitrogens is 1. The van der Waals surface area contributed by atoms with Crippen molar-refractivity contribution in [2.45, 2.75) is 26.2 Å². The fraction of sp³-hybridized carbons (Fsp3) is 0.267. The third-order valence-electron chi connectivity index (χ3n) is 3.77. The first-order valence-electron chi connectivity index (χ1n) is 6.50. The first kappa shape index (κ1) is 11.1. The standard InChI is InChI=1S/C15H14N2OS/c1-8-4-2-6-10-13(8)18-15(17-10)12-9-5-3-7-11(9)19-14(12)16/h2,4,6H,3,5,7,16H2,1H3. The number of para-hydroxylation sites is 1. The second kappa shape index (κ2) is 3.84. The molecule has 96 valence electrons. The summed E-state index contributed by atoms with van der Waals surface area (Å²) in [5.74, 6) is 0.682. The van der Waals surface area contributed by atoms with Gasteiger partial charge in [-0.3, -0.25) is 0 Å². The predicted octanol–water partition coefficient (Wildman–Crippen LogP) is 3.94. The lowest BCUT2D eigenvalue weighted by molar-refractivity contribution is 0.617. The number of thiophene rings is 1. The Morgan fingerprint density at radius 2 is 2.21 bits per heavy atom. The lowest BCUT2D eigenvalue weighted by atomic mass is 10.1. The van der Waals surface area contributed by atoms with Gasteiger partial charge in [0.2, 0.25) is 5.89 Å². The number of hydrogen-bond acceptors (Lipinski definition) is 4. The van der Waals surface area contributed by atoms with Crippen LogP contribution < -0.4 is 5.73 Å². The minimum atomic E-state index is 0.682. The van der Waals surface area contributed by atoms with E-state index in [0.717, 1.165) is 40.1 Å². The molecule has 19 heavy (non-hydrogen) atoms. The topological polar surface area (TPSA) is 52.0 Å². The van der Waals surface area contributed by atoms with E-state index in [1.165, 1.54) is 16.9 Å². The van der Waals surface area contributed by atoms with Crippen molar-refractivity contribution in [3.05, 3.63) is 34.2 Å². The van der Waals surface area contributed by atoms with Crippen molar-refractivity contribution < 1.29 is 4.42 Å². The van der Waals surface area contributed by atoms with Gasteiger partial charge in [-0.2, -0.15) is 0 Å². The molecule has 1 aromatic carbocycles. The monoisotopic (exact) mass is 270 g/mol. The first-order chi connectivity index (χ1) is 9.24. The van der Waals surface area contributed by atoms with Gasteiger partial charge in [0.15, 0.2) is 5.58 Å². The fourth-order valence-electron chi connectivity index (χ4n) is 2.85. The molecule has 4 heteroatoms. The molecule has 2 N–H and O–H groups in total. The molecule has 1 aliphatic rings. The van der Waals surface area contributed by atoms with Crippen molar-refractivity contribution in [1.82, 2.24) is 4.98 Å². The van der Waals surface area contributed by atoms with Crippen LogP contribution >= 0.6 is 11.3 Å². The van der Waals surface area contributed by atoms with Crippen LogP contribution in [-0.2, 0) is 12.8 Å². The molecule has 0 atom stereocenters. The van der Waals surface area contributed by atoms with Gasteiger partial charge in [0.05, 0.1) is 10.6 Å². The van der Waals surface area contributed by atoms with Gasteiger partial charge < -0.3 is 10.2 Å². The van der Waals surface area contributed by atoms with Crippen LogP contribution in [0.1, 0.15) is 22.4 Å². The van der Waals surface area contributed by atoms with E-state index >= 15 is 0 Å². The van der Waals surface area contributed by atoms with Crippen LogP contribution in [0.2, 0.25) is 0 Å². The predicted molar refractivity (Wildman–Crippen MR) is 78.5 cm³/mol. The van der Waals surface area contributed by atoms with Gasteiger partial charge in [-0.1, -0.05) is 12.1 Å². The van der Waals surface area contributed by atoms with Crippen molar-refractivity contribution in [3.63, 3.8) is 0 Å². The Kier molecular flexibility index (Phi) is 2.23. The van der Waals surface area contributed by atoms with Crippen molar-refractivity contribution in [3.8, 4) is 11.5 Å². The maximum atomic E-state index is 6.16. The van der Waals surface area contributed by atoms with E-state index in [4.69, 9.17) is 10.2 Å². The van der Waals surface area contributed by atoms with Gasteiger partial charge in [-0.05, 0) is 43.4 Å². The molecule has 3 nitrogen and oxygen atoms in total. The van der Waals surface area contributed by atoms with E-state index in [2.05, 4.69) is 4.98 Å². The molecular weight excluding hydrogens is 256 g/mol. The summed E-state index contributed by atoms with van der Waals surface area (Å²) < 4.78 is 5.96. The highest BCUT2D eigenvalue weighted by Crippen LogP contribution is 2.43. The molecule has 0 bridgehead atoms. The van der Waals surface area contributed by atoms with Crippen LogP contribution in [0.5, 0.6) is 0 Å². The number of rotatable bonds is 1. The lowest BCUT2D eigenvalue weighted by Crippen LogP contribution is -1.88. The maximum absolute atomic E-state index is 6.16. The number of hydrogen-bond donors (Lipinski definition) is 1. The highest BCUT2D eigenvalue weighted by atomic mass is 32.1. The molecule has 3 aromatic rings. The molecule has 0 saturated heterocycles. The zero-order valence-corrected chi connectivity index (χ0v) is 11.5. The smallest absolute Gasteiger partial charge is 0.230 e. The summed E-state index contributed by atoms with van der Waals surface area (Å²) in [6.07, 6.45) is 3.45. The molecule has 0 amide bonds. The third-order valence-corrected chi connectivity index (χ3v) is 4.90. The van der Waals surface area contributed by atoms with Crippen molar-refractivity contribution in [2.75, 3.05) is 5.73 Å². The number of nitrogens with zero attached hydrogens (tertiary/aromatic N) is 1. The SMILES string of the molecule is Cc1cccc2nc(-c3c(N)sc4c3CCC4)oc12. The molecule has 4 rings (SSSR count). The number of anilines is 1. The Bertz CT molecular complexity index is 785. The van der Waals surface area contributed by atoms with E-state index < -0.39 is 0 Å². The van der Waals surface area contributed by atoms with Crippen LogP contribution in [0, 0.1) is 6.92 Å². The van der Waals surface area contributed by atoms with E-state index in [1.54, 1.807) is 11.3 Å². The van der Waals surface area contributed by atoms with Gasteiger partial charge in [-0.25, -0.2) is 4.98 Å². The average molecular weight is 270 g/mol. The highest BCUT2D eigenvalue weighted by Gasteiger charge is 2.25. The Hall–Kier alpha value is -1.81. The Balaban J connectivity index is 1.98.